The summed E-state index contributed by atoms with van der Waals surface area (Å²) in [5, 5.41) is 9.38. The lowest BCUT2D eigenvalue weighted by atomic mass is 10.1. The molecule has 0 unspecified atom stereocenters. The fraction of sp³-hybridized carbons (Fsp3) is 0.500. The standard InChI is InChI=1S/C8H10O3/c9-6-3-5-11-8(6)7-2-1-4-10-7/h1-2,4,6,8-9H,3,5H2/t6-,8+/m1/s1. The highest BCUT2D eigenvalue weighted by atomic mass is 16.5. The SMILES string of the molecule is O[C@@H]1CCO[C@@H]1c1ccco1. The van der Waals surface area contributed by atoms with Crippen LogP contribution in [0.4, 0.5) is 0 Å². The molecule has 0 amide bonds. The van der Waals surface area contributed by atoms with Crippen molar-refractivity contribution in [1.82, 2.24) is 0 Å². The molecule has 2 atom stereocenters. The van der Waals surface area contributed by atoms with Crippen molar-refractivity contribution in [3.05, 3.63) is 24.2 Å². The van der Waals surface area contributed by atoms with Crippen molar-refractivity contribution < 1.29 is 14.3 Å². The zero-order valence-electron chi connectivity index (χ0n) is 6.06. The molecule has 1 fully saturated rings. The molecule has 1 saturated heterocycles. The third-order valence-corrected chi connectivity index (χ3v) is 1.88. The molecule has 0 aromatic carbocycles. The van der Waals surface area contributed by atoms with Gasteiger partial charge in [0.05, 0.1) is 19.0 Å². The Balaban J connectivity index is 2.16. The number of aliphatic hydroxyl groups is 1. The van der Waals surface area contributed by atoms with Crippen LogP contribution in [-0.2, 0) is 4.74 Å². The van der Waals surface area contributed by atoms with E-state index in [1.54, 1.807) is 12.3 Å². The fourth-order valence-corrected chi connectivity index (χ4v) is 1.30. The van der Waals surface area contributed by atoms with Crippen LogP contribution >= 0.6 is 0 Å². The summed E-state index contributed by atoms with van der Waals surface area (Å²) in [6, 6.07) is 3.61. The van der Waals surface area contributed by atoms with E-state index in [1.807, 2.05) is 6.07 Å². The van der Waals surface area contributed by atoms with Crippen LogP contribution in [0.3, 0.4) is 0 Å². The van der Waals surface area contributed by atoms with Gasteiger partial charge in [-0.25, -0.2) is 0 Å². The third kappa shape index (κ3) is 1.17. The first-order chi connectivity index (χ1) is 5.38. The van der Waals surface area contributed by atoms with Gasteiger partial charge in [-0.2, -0.15) is 0 Å². The van der Waals surface area contributed by atoms with Crippen molar-refractivity contribution >= 4 is 0 Å². The normalized spacial score (nSPS) is 31.0. The Morgan fingerprint density at radius 1 is 1.55 bits per heavy atom. The van der Waals surface area contributed by atoms with Gasteiger partial charge in [0, 0.05) is 0 Å². The number of ether oxygens (including phenoxy) is 1. The topological polar surface area (TPSA) is 42.6 Å². The lowest BCUT2D eigenvalue weighted by molar-refractivity contribution is 0.0271. The molecule has 60 valence electrons. The predicted octanol–water partition coefficient (Wildman–Crippen LogP) is 1.10. The molecule has 3 nitrogen and oxygen atoms in total. The fourth-order valence-electron chi connectivity index (χ4n) is 1.30. The number of hydrogen-bond acceptors (Lipinski definition) is 3. The minimum atomic E-state index is -0.402. The molecule has 1 aromatic rings. The zero-order chi connectivity index (χ0) is 7.68. The van der Waals surface area contributed by atoms with Crippen molar-refractivity contribution in [1.29, 1.82) is 0 Å². The van der Waals surface area contributed by atoms with E-state index in [2.05, 4.69) is 0 Å². The molecule has 2 rings (SSSR count). The maximum Gasteiger partial charge on any atom is 0.141 e. The first-order valence-electron chi connectivity index (χ1n) is 3.71. The highest BCUT2D eigenvalue weighted by molar-refractivity contribution is 5.05. The monoisotopic (exact) mass is 154 g/mol. The van der Waals surface area contributed by atoms with Crippen LogP contribution in [0.2, 0.25) is 0 Å². The minimum Gasteiger partial charge on any atom is -0.466 e. The van der Waals surface area contributed by atoms with Gasteiger partial charge in [-0.05, 0) is 18.6 Å². The molecular weight excluding hydrogens is 144 g/mol. The number of hydrogen-bond donors (Lipinski definition) is 1. The predicted molar refractivity (Wildman–Crippen MR) is 38.0 cm³/mol. The average Bonchev–Trinajstić information content (AvgIpc) is 2.55. The van der Waals surface area contributed by atoms with Crippen LogP contribution in [0.5, 0.6) is 0 Å². The second-order valence-electron chi connectivity index (χ2n) is 2.66. The first-order valence-corrected chi connectivity index (χ1v) is 3.71. The summed E-state index contributed by atoms with van der Waals surface area (Å²) in [7, 11) is 0. The number of furan rings is 1. The van der Waals surface area contributed by atoms with E-state index in [9.17, 15) is 5.11 Å². The van der Waals surface area contributed by atoms with Crippen LogP contribution in [-0.4, -0.2) is 17.8 Å². The van der Waals surface area contributed by atoms with Crippen molar-refractivity contribution in [2.24, 2.45) is 0 Å². The Hall–Kier alpha value is -0.800. The zero-order valence-corrected chi connectivity index (χ0v) is 6.06. The molecule has 1 aromatic heterocycles. The van der Waals surface area contributed by atoms with E-state index in [1.165, 1.54) is 0 Å². The van der Waals surface area contributed by atoms with Gasteiger partial charge in [-0.3, -0.25) is 0 Å². The van der Waals surface area contributed by atoms with Crippen molar-refractivity contribution in [3.8, 4) is 0 Å². The Morgan fingerprint density at radius 2 is 2.45 bits per heavy atom. The second-order valence-corrected chi connectivity index (χ2v) is 2.66. The smallest absolute Gasteiger partial charge is 0.141 e. The first kappa shape index (κ1) is 6.88. The largest absolute Gasteiger partial charge is 0.466 e. The van der Waals surface area contributed by atoms with E-state index < -0.39 is 6.10 Å². The van der Waals surface area contributed by atoms with Crippen molar-refractivity contribution in [2.75, 3.05) is 6.61 Å². The summed E-state index contributed by atoms with van der Waals surface area (Å²) >= 11 is 0. The van der Waals surface area contributed by atoms with Gasteiger partial charge >= 0.3 is 0 Å². The molecule has 1 aliphatic rings. The quantitative estimate of drug-likeness (QED) is 0.658. The van der Waals surface area contributed by atoms with Gasteiger partial charge in [-0.15, -0.1) is 0 Å². The van der Waals surface area contributed by atoms with E-state index >= 15 is 0 Å². The van der Waals surface area contributed by atoms with Gasteiger partial charge in [0.2, 0.25) is 0 Å². The maximum absolute atomic E-state index is 9.38. The Kier molecular flexibility index (Phi) is 1.68. The second kappa shape index (κ2) is 2.68. The van der Waals surface area contributed by atoms with Crippen LogP contribution in [0, 0.1) is 0 Å². The number of aliphatic hydroxyl groups excluding tert-OH is 1. The summed E-state index contributed by atoms with van der Waals surface area (Å²) in [5.74, 6) is 0.718. The van der Waals surface area contributed by atoms with Crippen molar-refractivity contribution in [2.45, 2.75) is 18.6 Å². The van der Waals surface area contributed by atoms with E-state index in [-0.39, 0.29) is 6.10 Å². The minimum absolute atomic E-state index is 0.245. The van der Waals surface area contributed by atoms with Gasteiger partial charge in [0.15, 0.2) is 0 Å². The summed E-state index contributed by atoms with van der Waals surface area (Å²) in [4.78, 5) is 0. The summed E-state index contributed by atoms with van der Waals surface area (Å²) in [6.45, 7) is 0.618. The number of rotatable bonds is 1. The maximum atomic E-state index is 9.38. The Morgan fingerprint density at radius 3 is 3.00 bits per heavy atom. The van der Waals surface area contributed by atoms with Gasteiger partial charge < -0.3 is 14.3 Å². The van der Waals surface area contributed by atoms with E-state index in [4.69, 9.17) is 9.15 Å². The molecule has 0 bridgehead atoms. The van der Waals surface area contributed by atoms with Crippen LogP contribution in [0.25, 0.3) is 0 Å². The molecule has 3 heteroatoms. The summed E-state index contributed by atoms with van der Waals surface area (Å²) < 4.78 is 10.4. The lowest BCUT2D eigenvalue weighted by Crippen LogP contribution is -2.10. The molecule has 2 heterocycles. The van der Waals surface area contributed by atoms with Gasteiger partial charge in [0.25, 0.3) is 0 Å². The van der Waals surface area contributed by atoms with Crippen LogP contribution in [0.15, 0.2) is 22.8 Å². The summed E-state index contributed by atoms with van der Waals surface area (Å²) in [6.07, 6.45) is 1.64. The van der Waals surface area contributed by atoms with E-state index in [0.29, 0.717) is 13.0 Å². The molecule has 1 aliphatic heterocycles. The molecule has 0 saturated carbocycles. The van der Waals surface area contributed by atoms with Gasteiger partial charge in [-0.1, -0.05) is 0 Å². The average molecular weight is 154 g/mol. The van der Waals surface area contributed by atoms with E-state index in [0.717, 1.165) is 5.76 Å². The Bertz CT molecular complexity index is 217. The third-order valence-electron chi connectivity index (χ3n) is 1.88. The van der Waals surface area contributed by atoms with Crippen LogP contribution < -0.4 is 0 Å². The molecule has 0 radical (unpaired) electrons. The van der Waals surface area contributed by atoms with Gasteiger partial charge in [0.1, 0.15) is 11.9 Å². The highest BCUT2D eigenvalue weighted by Gasteiger charge is 2.29. The molecule has 11 heavy (non-hydrogen) atoms. The Labute approximate surface area is 64.6 Å². The summed E-state index contributed by atoms with van der Waals surface area (Å²) in [5.41, 5.74) is 0. The molecular formula is C8H10O3. The molecule has 0 spiro atoms. The van der Waals surface area contributed by atoms with Crippen LogP contribution in [0.1, 0.15) is 18.3 Å². The molecule has 0 aliphatic carbocycles. The van der Waals surface area contributed by atoms with Crippen molar-refractivity contribution in [3.63, 3.8) is 0 Å². The molecule has 1 N–H and O–H groups in total. The highest BCUT2D eigenvalue weighted by Crippen LogP contribution is 2.28. The lowest BCUT2D eigenvalue weighted by Gasteiger charge is -2.09.